The summed E-state index contributed by atoms with van der Waals surface area (Å²) in [7, 11) is -3.36. The van der Waals surface area contributed by atoms with Crippen molar-refractivity contribution in [3.05, 3.63) is 24.3 Å². The standard InChI is InChI=1S/C15H26N2O2S/c1-6-17-20(18,19)14-9-7-13(8-10-14)16-11-15(4,5)12(2)3/h7-10,12,16-17H,6,11H2,1-5H3. The number of hydrogen-bond acceptors (Lipinski definition) is 3. The maximum atomic E-state index is 11.8. The minimum Gasteiger partial charge on any atom is -0.384 e. The molecule has 20 heavy (non-hydrogen) atoms. The zero-order valence-corrected chi connectivity index (χ0v) is 13.8. The van der Waals surface area contributed by atoms with Crippen LogP contribution in [0.15, 0.2) is 29.2 Å². The molecule has 4 nitrogen and oxygen atoms in total. The Morgan fingerprint density at radius 1 is 1.15 bits per heavy atom. The number of anilines is 1. The summed E-state index contributed by atoms with van der Waals surface area (Å²) in [6.45, 7) is 11.8. The van der Waals surface area contributed by atoms with Crippen LogP contribution in [0.2, 0.25) is 0 Å². The Labute approximate surface area is 123 Å². The van der Waals surface area contributed by atoms with Gasteiger partial charge < -0.3 is 5.32 Å². The van der Waals surface area contributed by atoms with Gasteiger partial charge in [-0.3, -0.25) is 0 Å². The first-order chi connectivity index (χ1) is 9.19. The topological polar surface area (TPSA) is 58.2 Å². The maximum absolute atomic E-state index is 11.8. The van der Waals surface area contributed by atoms with Crippen molar-refractivity contribution in [3.8, 4) is 0 Å². The molecular weight excluding hydrogens is 272 g/mol. The Morgan fingerprint density at radius 3 is 2.15 bits per heavy atom. The van der Waals surface area contributed by atoms with E-state index in [1.807, 2.05) is 0 Å². The van der Waals surface area contributed by atoms with Crippen LogP contribution in [-0.2, 0) is 10.0 Å². The number of benzene rings is 1. The molecule has 1 rings (SSSR count). The predicted molar refractivity (Wildman–Crippen MR) is 84.4 cm³/mol. The molecule has 1 aromatic rings. The van der Waals surface area contributed by atoms with Gasteiger partial charge in [0.2, 0.25) is 10.0 Å². The summed E-state index contributed by atoms with van der Waals surface area (Å²) < 4.78 is 26.1. The van der Waals surface area contributed by atoms with Crippen molar-refractivity contribution >= 4 is 15.7 Å². The molecule has 0 aromatic heterocycles. The molecule has 0 amide bonds. The fourth-order valence-corrected chi connectivity index (χ4v) is 2.60. The lowest BCUT2D eigenvalue weighted by Crippen LogP contribution is -2.28. The predicted octanol–water partition coefficient (Wildman–Crippen LogP) is 3.08. The van der Waals surface area contributed by atoms with Crippen molar-refractivity contribution in [2.24, 2.45) is 11.3 Å². The first-order valence-corrected chi connectivity index (χ1v) is 8.51. The van der Waals surface area contributed by atoms with Crippen LogP contribution in [0, 0.1) is 11.3 Å². The van der Waals surface area contributed by atoms with Crippen molar-refractivity contribution in [1.82, 2.24) is 4.72 Å². The summed E-state index contributed by atoms with van der Waals surface area (Å²) in [5.74, 6) is 0.573. The van der Waals surface area contributed by atoms with E-state index < -0.39 is 10.0 Å². The molecule has 0 aliphatic carbocycles. The number of rotatable bonds is 7. The smallest absolute Gasteiger partial charge is 0.240 e. The summed E-state index contributed by atoms with van der Waals surface area (Å²) in [4.78, 5) is 0.299. The zero-order valence-electron chi connectivity index (χ0n) is 13.0. The Kier molecular flexibility index (Phi) is 5.59. The second-order valence-electron chi connectivity index (χ2n) is 6.02. The van der Waals surface area contributed by atoms with Gasteiger partial charge in [0.15, 0.2) is 0 Å². The molecule has 0 heterocycles. The molecule has 0 bridgehead atoms. The van der Waals surface area contributed by atoms with Crippen LogP contribution in [0.3, 0.4) is 0 Å². The van der Waals surface area contributed by atoms with Crippen LogP contribution in [0.1, 0.15) is 34.6 Å². The van der Waals surface area contributed by atoms with E-state index >= 15 is 0 Å². The van der Waals surface area contributed by atoms with Gasteiger partial charge in [0, 0.05) is 18.8 Å². The number of hydrogen-bond donors (Lipinski definition) is 2. The lowest BCUT2D eigenvalue weighted by atomic mass is 9.81. The van der Waals surface area contributed by atoms with Crippen LogP contribution >= 0.6 is 0 Å². The van der Waals surface area contributed by atoms with Crippen molar-refractivity contribution < 1.29 is 8.42 Å². The van der Waals surface area contributed by atoms with E-state index in [0.29, 0.717) is 17.4 Å². The van der Waals surface area contributed by atoms with Gasteiger partial charge in [-0.1, -0.05) is 34.6 Å². The zero-order chi connectivity index (χ0) is 15.4. The molecule has 114 valence electrons. The van der Waals surface area contributed by atoms with Crippen molar-refractivity contribution in [3.63, 3.8) is 0 Å². The van der Waals surface area contributed by atoms with Gasteiger partial charge >= 0.3 is 0 Å². The average molecular weight is 298 g/mol. The van der Waals surface area contributed by atoms with Crippen LogP contribution in [0.4, 0.5) is 5.69 Å². The molecule has 0 fully saturated rings. The summed E-state index contributed by atoms with van der Waals surface area (Å²) in [5, 5.41) is 3.36. The fourth-order valence-electron chi connectivity index (χ4n) is 1.56. The van der Waals surface area contributed by atoms with E-state index in [-0.39, 0.29) is 5.41 Å². The summed E-state index contributed by atoms with van der Waals surface area (Å²) in [6, 6.07) is 6.87. The normalized spacial score (nSPS) is 12.7. The first kappa shape index (κ1) is 17.0. The first-order valence-electron chi connectivity index (χ1n) is 7.02. The molecule has 0 aliphatic rings. The molecule has 0 spiro atoms. The molecule has 1 aromatic carbocycles. The van der Waals surface area contributed by atoms with Gasteiger partial charge in [0.25, 0.3) is 0 Å². The van der Waals surface area contributed by atoms with Crippen LogP contribution < -0.4 is 10.0 Å². The molecule has 0 saturated heterocycles. The van der Waals surface area contributed by atoms with Crippen molar-refractivity contribution in [2.45, 2.75) is 39.5 Å². The summed E-state index contributed by atoms with van der Waals surface area (Å²) >= 11 is 0. The number of sulfonamides is 1. The van der Waals surface area contributed by atoms with Gasteiger partial charge in [-0.05, 0) is 35.6 Å². The molecule has 0 radical (unpaired) electrons. The monoisotopic (exact) mass is 298 g/mol. The fraction of sp³-hybridized carbons (Fsp3) is 0.600. The molecule has 0 unspecified atom stereocenters. The maximum Gasteiger partial charge on any atom is 0.240 e. The largest absolute Gasteiger partial charge is 0.384 e. The lowest BCUT2D eigenvalue weighted by Gasteiger charge is -2.29. The van der Waals surface area contributed by atoms with Crippen LogP contribution in [-0.4, -0.2) is 21.5 Å². The van der Waals surface area contributed by atoms with E-state index in [4.69, 9.17) is 0 Å². The molecule has 0 atom stereocenters. The molecule has 5 heteroatoms. The van der Waals surface area contributed by atoms with Crippen molar-refractivity contribution in [1.29, 1.82) is 0 Å². The van der Waals surface area contributed by atoms with Gasteiger partial charge in [0.1, 0.15) is 0 Å². The third kappa shape index (κ3) is 4.49. The Balaban J connectivity index is 2.73. The minimum atomic E-state index is -3.36. The Hall–Kier alpha value is -1.07. The van der Waals surface area contributed by atoms with Gasteiger partial charge in [0.05, 0.1) is 4.90 Å². The molecule has 0 aliphatic heterocycles. The Morgan fingerprint density at radius 2 is 1.70 bits per heavy atom. The summed E-state index contributed by atoms with van der Waals surface area (Å²) in [5.41, 5.74) is 1.13. The minimum absolute atomic E-state index is 0.189. The quantitative estimate of drug-likeness (QED) is 0.813. The van der Waals surface area contributed by atoms with Crippen LogP contribution in [0.25, 0.3) is 0 Å². The molecular formula is C15H26N2O2S. The van der Waals surface area contributed by atoms with Crippen molar-refractivity contribution in [2.75, 3.05) is 18.4 Å². The highest BCUT2D eigenvalue weighted by Crippen LogP contribution is 2.26. The third-order valence-electron chi connectivity index (χ3n) is 3.81. The van der Waals surface area contributed by atoms with E-state index in [2.05, 4.69) is 37.7 Å². The highest BCUT2D eigenvalue weighted by Gasteiger charge is 2.21. The second kappa shape index (κ2) is 6.59. The van der Waals surface area contributed by atoms with Gasteiger partial charge in [-0.2, -0.15) is 0 Å². The third-order valence-corrected chi connectivity index (χ3v) is 5.37. The van der Waals surface area contributed by atoms with Crippen LogP contribution in [0.5, 0.6) is 0 Å². The van der Waals surface area contributed by atoms with Gasteiger partial charge in [-0.15, -0.1) is 0 Å². The van der Waals surface area contributed by atoms with E-state index in [1.165, 1.54) is 0 Å². The average Bonchev–Trinajstić information content (AvgIpc) is 2.37. The molecule has 0 saturated carbocycles. The van der Waals surface area contributed by atoms with Gasteiger partial charge in [-0.25, -0.2) is 13.1 Å². The second-order valence-corrected chi connectivity index (χ2v) is 7.79. The highest BCUT2D eigenvalue weighted by atomic mass is 32.2. The lowest BCUT2D eigenvalue weighted by molar-refractivity contribution is 0.269. The van der Waals surface area contributed by atoms with E-state index in [9.17, 15) is 8.42 Å². The van der Waals surface area contributed by atoms with E-state index in [1.54, 1.807) is 31.2 Å². The highest BCUT2D eigenvalue weighted by molar-refractivity contribution is 7.89. The number of nitrogens with one attached hydrogen (secondary N) is 2. The SMILES string of the molecule is CCNS(=O)(=O)c1ccc(NCC(C)(C)C(C)C)cc1. The van der Waals surface area contributed by atoms with E-state index in [0.717, 1.165) is 12.2 Å². The Bertz CT molecular complexity index is 519. The summed E-state index contributed by atoms with van der Waals surface area (Å²) in [6.07, 6.45) is 0. The molecule has 2 N–H and O–H groups in total.